The Labute approximate surface area is 351 Å². The van der Waals surface area contributed by atoms with Crippen LogP contribution in [-0.2, 0) is 9.59 Å². The first kappa shape index (κ1) is 38.9. The molecule has 6 heterocycles. The molecule has 0 unspecified atom stereocenters. The molecule has 9 rings (SSSR count). The number of benzene rings is 3. The number of amides is 2. The maximum absolute atomic E-state index is 14.2. The third-order valence-electron chi connectivity index (χ3n) is 11.7. The van der Waals surface area contributed by atoms with E-state index in [1.54, 1.807) is 46.8 Å². The maximum Gasteiger partial charge on any atom is 0.243 e. The first-order valence-electron chi connectivity index (χ1n) is 20.3. The molecule has 60 heavy (non-hydrogen) atoms. The summed E-state index contributed by atoms with van der Waals surface area (Å²) in [5.41, 5.74) is 9.41. The van der Waals surface area contributed by atoms with Crippen molar-refractivity contribution in [3.8, 4) is 38.7 Å². The van der Waals surface area contributed by atoms with Gasteiger partial charge in [0.1, 0.15) is 29.2 Å². The lowest BCUT2D eigenvalue weighted by Crippen LogP contribution is -2.48. The van der Waals surface area contributed by atoms with Crippen LogP contribution in [-0.4, -0.2) is 77.8 Å². The minimum Gasteiger partial charge on any atom is -0.507 e. The second kappa shape index (κ2) is 16.3. The van der Waals surface area contributed by atoms with Gasteiger partial charge in [-0.25, -0.2) is 15.0 Å². The number of likely N-dealkylation sites (tertiary alicyclic amines) is 1. The van der Waals surface area contributed by atoms with Gasteiger partial charge in [-0.15, -0.1) is 21.5 Å². The van der Waals surface area contributed by atoms with Gasteiger partial charge in [-0.05, 0) is 79.6 Å². The topological polar surface area (TPSA) is 163 Å². The number of aryl methyl sites for hydroxylation is 1. The number of carbonyl (C=O) groups is 2. The van der Waals surface area contributed by atoms with E-state index in [4.69, 9.17) is 4.52 Å². The number of thiazole rings is 1. The number of phenolic OH excluding ortho intramolecular Hbond substituents is 1. The van der Waals surface area contributed by atoms with Gasteiger partial charge in [0, 0.05) is 60.5 Å². The molecule has 0 bridgehead atoms. The second-order valence-corrected chi connectivity index (χ2v) is 16.9. The van der Waals surface area contributed by atoms with Gasteiger partial charge in [0.05, 0.1) is 33.3 Å². The van der Waals surface area contributed by atoms with E-state index >= 15 is 0 Å². The first-order valence-corrected chi connectivity index (χ1v) is 21.2. The van der Waals surface area contributed by atoms with Crippen molar-refractivity contribution in [1.82, 2.24) is 40.5 Å². The van der Waals surface area contributed by atoms with Crippen LogP contribution in [0.25, 0.3) is 43.9 Å². The highest BCUT2D eigenvalue weighted by Crippen LogP contribution is 2.36. The van der Waals surface area contributed by atoms with Crippen LogP contribution < -0.4 is 10.2 Å². The lowest BCUT2D eigenvalue weighted by atomic mass is 9.90. The summed E-state index contributed by atoms with van der Waals surface area (Å²) >= 11 is 1.61. The summed E-state index contributed by atoms with van der Waals surface area (Å²) in [5.74, 6) is 0.520. The van der Waals surface area contributed by atoms with Crippen molar-refractivity contribution in [2.24, 2.45) is 5.92 Å². The zero-order valence-corrected chi connectivity index (χ0v) is 34.6. The first-order chi connectivity index (χ1) is 29.1. The Balaban J connectivity index is 0.826. The molecule has 0 saturated carbocycles. The largest absolute Gasteiger partial charge is 0.507 e. The van der Waals surface area contributed by atoms with E-state index in [2.05, 4.69) is 64.8 Å². The number of rotatable bonds is 11. The van der Waals surface area contributed by atoms with E-state index in [-0.39, 0.29) is 29.5 Å². The number of carbonyl (C=O) groups excluding carboxylic acids is 2. The predicted molar refractivity (Wildman–Crippen MR) is 230 cm³/mol. The van der Waals surface area contributed by atoms with E-state index < -0.39 is 12.0 Å². The molecule has 2 fully saturated rings. The van der Waals surface area contributed by atoms with Gasteiger partial charge in [0.2, 0.25) is 17.8 Å². The van der Waals surface area contributed by atoms with Crippen molar-refractivity contribution in [2.75, 3.05) is 24.5 Å². The number of phenols is 1. The van der Waals surface area contributed by atoms with E-state index in [1.807, 2.05) is 69.6 Å². The van der Waals surface area contributed by atoms with E-state index in [1.165, 1.54) is 5.56 Å². The third-order valence-corrected chi connectivity index (χ3v) is 12.7. The number of hydrogen-bond acceptors (Lipinski definition) is 12. The summed E-state index contributed by atoms with van der Waals surface area (Å²) < 4.78 is 5.84. The van der Waals surface area contributed by atoms with Crippen molar-refractivity contribution in [2.45, 2.75) is 64.5 Å². The number of aromatic hydroxyl groups is 1. The smallest absolute Gasteiger partial charge is 0.243 e. The Bertz CT molecular complexity index is 2670. The molecule has 3 atom stereocenters. The molecule has 2 N–H and O–H groups in total. The van der Waals surface area contributed by atoms with Gasteiger partial charge in [-0.2, -0.15) is 0 Å². The minimum absolute atomic E-state index is 0.102. The van der Waals surface area contributed by atoms with Crippen LogP contribution in [0.4, 0.5) is 5.95 Å². The second-order valence-electron chi connectivity index (χ2n) is 16.1. The van der Waals surface area contributed by atoms with Gasteiger partial charge in [0.25, 0.3) is 0 Å². The molecule has 2 aliphatic rings. The van der Waals surface area contributed by atoms with Crippen LogP contribution in [0.15, 0.2) is 101 Å². The van der Waals surface area contributed by atoms with Crippen molar-refractivity contribution in [3.05, 3.63) is 119 Å². The normalized spacial score (nSPS) is 16.6. The monoisotopic (exact) mass is 819 g/mol. The van der Waals surface area contributed by atoms with Crippen LogP contribution in [0.2, 0.25) is 0 Å². The molecule has 2 saturated heterocycles. The molecular weight excluding hydrogens is 775 g/mol. The lowest BCUT2D eigenvalue weighted by molar-refractivity contribution is -0.141. The molecular formula is C46H45N9O4S. The summed E-state index contributed by atoms with van der Waals surface area (Å²) in [4.78, 5) is 46.6. The summed E-state index contributed by atoms with van der Waals surface area (Å²) in [6, 6.07) is 24.5. The molecule has 13 nitrogen and oxygen atoms in total. The standard InChI is InChI=1S/C46H45N9O4S/c1-26(2)42(45(58)55-17-7-9-39(55)44(57)50-27(3)29-11-13-30(14-12-29)43-28(4)49-25-60-43)41-20-37(53-59-41)33-21-47-46(48-22-33)54-23-34(24-54)31-15-16-36-32(18-31)19-38(52-51-36)35-8-5-6-10-40(35)56/h5-6,8,10-16,18-22,25-27,34,39,42,56H,7,9,17,23-24H2,1-4H3,(H,50,57)/t27-,39-,42-/m0/s1. The van der Waals surface area contributed by atoms with Gasteiger partial charge >= 0.3 is 0 Å². The van der Waals surface area contributed by atoms with Gasteiger partial charge in [-0.1, -0.05) is 61.5 Å². The third kappa shape index (κ3) is 7.58. The number of nitrogens with zero attached hydrogens (tertiary/aromatic N) is 8. The van der Waals surface area contributed by atoms with Gasteiger partial charge in [0.15, 0.2) is 0 Å². The zero-order chi connectivity index (χ0) is 41.5. The summed E-state index contributed by atoms with van der Waals surface area (Å²) in [5, 5.41) is 27.5. The number of aromatic nitrogens is 6. The number of anilines is 1. The molecule has 7 aromatic rings. The molecule has 0 radical (unpaired) electrons. The summed E-state index contributed by atoms with van der Waals surface area (Å²) in [6.07, 6.45) is 4.80. The molecule has 0 spiro atoms. The van der Waals surface area contributed by atoms with Crippen LogP contribution in [0.5, 0.6) is 5.75 Å². The molecule has 2 aliphatic heterocycles. The average Bonchev–Trinajstić information content (AvgIpc) is 4.03. The predicted octanol–water partition coefficient (Wildman–Crippen LogP) is 8.09. The Kier molecular flexibility index (Phi) is 10.5. The highest BCUT2D eigenvalue weighted by molar-refractivity contribution is 7.13. The van der Waals surface area contributed by atoms with Gasteiger partial charge in [-0.3, -0.25) is 9.59 Å². The van der Waals surface area contributed by atoms with Gasteiger partial charge < -0.3 is 24.7 Å². The molecule has 4 aromatic heterocycles. The fourth-order valence-electron chi connectivity index (χ4n) is 8.29. The van der Waals surface area contributed by atoms with E-state index in [0.717, 1.165) is 52.1 Å². The van der Waals surface area contributed by atoms with Crippen molar-refractivity contribution in [1.29, 1.82) is 0 Å². The average molecular weight is 820 g/mol. The molecule has 0 aliphatic carbocycles. The molecule has 2 amide bonds. The number of nitrogens with one attached hydrogen (secondary N) is 1. The minimum atomic E-state index is -0.614. The fourth-order valence-corrected chi connectivity index (χ4v) is 9.10. The number of fused-ring (bicyclic) bond motifs is 1. The number of para-hydroxylation sites is 1. The number of hydrogen-bond donors (Lipinski definition) is 2. The van der Waals surface area contributed by atoms with Crippen LogP contribution in [0, 0.1) is 12.8 Å². The SMILES string of the molecule is Cc1ncsc1-c1ccc([C@H](C)NC(=O)[C@@H]2CCCN2C(=O)[C@H](c2cc(-c3cnc(N4CC(c5ccc6nnc(-c7ccccc7O)cc6c5)C4)nc3)no2)C(C)C)cc1. The van der Waals surface area contributed by atoms with Crippen molar-refractivity contribution >= 4 is 40.0 Å². The Morgan fingerprint density at radius 2 is 1.68 bits per heavy atom. The van der Waals surface area contributed by atoms with Crippen LogP contribution >= 0.6 is 11.3 Å². The highest BCUT2D eigenvalue weighted by atomic mass is 32.1. The van der Waals surface area contributed by atoms with Crippen LogP contribution in [0.3, 0.4) is 0 Å². The fraction of sp³-hybridized carbons (Fsp3) is 0.304. The zero-order valence-electron chi connectivity index (χ0n) is 33.8. The van der Waals surface area contributed by atoms with Crippen LogP contribution in [0.1, 0.15) is 74.1 Å². The Morgan fingerprint density at radius 1 is 0.900 bits per heavy atom. The molecule has 14 heteroatoms. The van der Waals surface area contributed by atoms with Crippen molar-refractivity contribution < 1.29 is 19.2 Å². The van der Waals surface area contributed by atoms with E-state index in [0.29, 0.717) is 53.1 Å². The van der Waals surface area contributed by atoms with Crippen molar-refractivity contribution in [3.63, 3.8) is 0 Å². The summed E-state index contributed by atoms with van der Waals surface area (Å²) in [7, 11) is 0. The lowest BCUT2D eigenvalue weighted by Gasteiger charge is -2.39. The molecule has 3 aromatic carbocycles. The van der Waals surface area contributed by atoms with E-state index in [9.17, 15) is 14.7 Å². The Morgan fingerprint density at radius 3 is 2.42 bits per heavy atom. The summed E-state index contributed by atoms with van der Waals surface area (Å²) in [6.45, 7) is 9.95. The maximum atomic E-state index is 14.2. The molecule has 304 valence electrons. The quantitative estimate of drug-likeness (QED) is 0.130. The highest BCUT2D eigenvalue weighted by Gasteiger charge is 2.40. The Hall–Kier alpha value is -6.54.